The molecule has 40 heavy (non-hydrogen) atoms. The number of hydrogen-bond acceptors (Lipinski definition) is 9. The van der Waals surface area contributed by atoms with Crippen LogP contribution in [0.2, 0.25) is 0 Å². The fourth-order valence-corrected chi connectivity index (χ4v) is 5.32. The van der Waals surface area contributed by atoms with Crippen LogP contribution in [-0.2, 0) is 24.3 Å². The molecule has 1 unspecified atom stereocenters. The Balaban J connectivity index is 2.34. The van der Waals surface area contributed by atoms with E-state index >= 15 is 0 Å². The first kappa shape index (κ1) is 32.9. The molecule has 1 fully saturated rings. The molecule has 3 amide bonds. The minimum atomic E-state index is -3.98. The van der Waals surface area contributed by atoms with Gasteiger partial charge in [0, 0.05) is 12.7 Å². The highest BCUT2D eigenvalue weighted by molar-refractivity contribution is 7.89. The molecule has 0 spiro atoms. The summed E-state index contributed by atoms with van der Waals surface area (Å²) >= 11 is 0. The summed E-state index contributed by atoms with van der Waals surface area (Å²) in [6.45, 7) is 12.7. The average Bonchev–Trinajstić information content (AvgIpc) is 3.03. The Morgan fingerprint density at radius 2 is 1.85 bits per heavy atom. The Kier molecular flexibility index (Phi) is 11.4. The number of hydrogen-bond donors (Lipinski definition) is 3. The molecule has 1 saturated heterocycles. The van der Waals surface area contributed by atoms with Crippen LogP contribution in [0.15, 0.2) is 34.5 Å². The summed E-state index contributed by atoms with van der Waals surface area (Å²) < 4.78 is 38.0. The van der Waals surface area contributed by atoms with Crippen molar-refractivity contribution in [1.29, 1.82) is 0 Å². The summed E-state index contributed by atoms with van der Waals surface area (Å²) in [5, 5.41) is 9.56. The van der Waals surface area contributed by atoms with Gasteiger partial charge in [0.2, 0.25) is 5.91 Å². The summed E-state index contributed by atoms with van der Waals surface area (Å²) in [5.74, 6) is -0.490. The van der Waals surface area contributed by atoms with Crippen molar-refractivity contribution in [3.63, 3.8) is 0 Å². The largest absolute Gasteiger partial charge is 0.449 e. The third-order valence-electron chi connectivity index (χ3n) is 5.59. The van der Waals surface area contributed by atoms with Crippen LogP contribution >= 0.6 is 0 Å². The summed E-state index contributed by atoms with van der Waals surface area (Å²) in [4.78, 5) is 42.0. The molecule has 1 aromatic rings. The van der Waals surface area contributed by atoms with Gasteiger partial charge in [-0.05, 0) is 64.5 Å². The van der Waals surface area contributed by atoms with Gasteiger partial charge in [0.25, 0.3) is 10.0 Å². The Morgan fingerprint density at radius 3 is 2.42 bits per heavy atom. The van der Waals surface area contributed by atoms with Crippen LogP contribution in [0.5, 0.6) is 0 Å². The van der Waals surface area contributed by atoms with Crippen LogP contribution in [-0.4, -0.2) is 78.9 Å². The van der Waals surface area contributed by atoms with E-state index in [2.05, 4.69) is 26.1 Å². The van der Waals surface area contributed by atoms with Crippen LogP contribution in [0.25, 0.3) is 0 Å². The summed E-state index contributed by atoms with van der Waals surface area (Å²) in [7, 11) is -3.98. The van der Waals surface area contributed by atoms with Crippen molar-refractivity contribution in [1.82, 2.24) is 25.3 Å². The number of nitrogens with one attached hydrogen (secondary N) is 3. The van der Waals surface area contributed by atoms with Crippen LogP contribution in [0.1, 0.15) is 67.7 Å². The van der Waals surface area contributed by atoms with Crippen molar-refractivity contribution >= 4 is 33.8 Å². The van der Waals surface area contributed by atoms with Crippen molar-refractivity contribution in [3.8, 4) is 0 Å². The van der Waals surface area contributed by atoms with Gasteiger partial charge in [0.1, 0.15) is 11.6 Å². The minimum Gasteiger partial charge on any atom is -0.449 e. The van der Waals surface area contributed by atoms with E-state index in [-0.39, 0.29) is 35.8 Å². The molecular weight excluding hydrogens is 540 g/mol. The van der Waals surface area contributed by atoms with Gasteiger partial charge in [-0.15, -0.1) is 0 Å². The van der Waals surface area contributed by atoms with Crippen LogP contribution < -0.4 is 16.1 Å². The van der Waals surface area contributed by atoms with E-state index in [1.807, 2.05) is 20.8 Å². The number of nitrogens with zero attached hydrogens (tertiary/aromatic N) is 3. The Morgan fingerprint density at radius 1 is 1.15 bits per heavy atom. The molecule has 0 radical (unpaired) electrons. The van der Waals surface area contributed by atoms with Gasteiger partial charge >= 0.3 is 12.2 Å². The van der Waals surface area contributed by atoms with Crippen molar-refractivity contribution < 1.29 is 32.3 Å². The quantitative estimate of drug-likeness (QED) is 0.393. The zero-order chi connectivity index (χ0) is 30.1. The lowest BCUT2D eigenvalue weighted by Gasteiger charge is -2.29. The number of amides is 3. The molecule has 3 N–H and O–H groups in total. The first-order valence-electron chi connectivity index (χ1n) is 13.2. The number of ether oxygens (including phenoxy) is 2. The lowest BCUT2D eigenvalue weighted by atomic mass is 9.87. The van der Waals surface area contributed by atoms with E-state index in [0.717, 1.165) is 0 Å². The predicted molar refractivity (Wildman–Crippen MR) is 149 cm³/mol. The van der Waals surface area contributed by atoms with Gasteiger partial charge in [-0.2, -0.15) is 9.41 Å². The second-order valence-electron chi connectivity index (χ2n) is 11.6. The molecule has 13 nitrogen and oxygen atoms in total. The van der Waals surface area contributed by atoms with E-state index < -0.39 is 45.8 Å². The van der Waals surface area contributed by atoms with Gasteiger partial charge < -0.3 is 20.1 Å². The van der Waals surface area contributed by atoms with Crippen molar-refractivity contribution in [2.75, 3.05) is 19.7 Å². The van der Waals surface area contributed by atoms with E-state index in [1.165, 1.54) is 16.6 Å². The predicted octanol–water partition coefficient (Wildman–Crippen LogP) is 2.78. The number of aromatic nitrogens is 1. The molecule has 0 bridgehead atoms. The molecule has 0 saturated carbocycles. The normalized spacial score (nSPS) is 18.8. The van der Waals surface area contributed by atoms with E-state index in [1.54, 1.807) is 39.8 Å². The molecule has 0 aromatic carbocycles. The van der Waals surface area contributed by atoms with E-state index in [4.69, 9.17) is 9.47 Å². The highest BCUT2D eigenvalue weighted by Crippen LogP contribution is 2.23. The SMILES string of the molecule is CCOC(=O)N/N=C1\CN(S(=O)(=O)c2ccccn2)CCCC1NC(=O)[C@H](CC(C)(C)C)NC(=O)OC(C)(C)C. The van der Waals surface area contributed by atoms with Crippen LogP contribution in [0.3, 0.4) is 0 Å². The number of sulfonamides is 1. The summed E-state index contributed by atoms with van der Waals surface area (Å²) in [5.41, 5.74) is 1.39. The number of carbonyl (C=O) groups excluding carboxylic acids is 3. The smallest absolute Gasteiger partial charge is 0.427 e. The molecule has 2 atom stereocenters. The molecule has 2 rings (SSSR count). The Labute approximate surface area is 236 Å². The first-order valence-corrected chi connectivity index (χ1v) is 14.7. The summed E-state index contributed by atoms with van der Waals surface area (Å²) in [6, 6.07) is 2.91. The van der Waals surface area contributed by atoms with Gasteiger partial charge in [-0.3, -0.25) is 4.79 Å². The lowest BCUT2D eigenvalue weighted by molar-refractivity contribution is -0.124. The fourth-order valence-electron chi connectivity index (χ4n) is 3.94. The molecular formula is C26H42N6O7S. The van der Waals surface area contributed by atoms with Crippen molar-refractivity contribution in [2.24, 2.45) is 10.5 Å². The van der Waals surface area contributed by atoms with Gasteiger partial charge in [0.15, 0.2) is 5.03 Å². The number of pyridine rings is 1. The molecule has 0 aliphatic carbocycles. The second-order valence-corrected chi connectivity index (χ2v) is 13.5. The van der Waals surface area contributed by atoms with Gasteiger partial charge in [-0.25, -0.2) is 28.4 Å². The van der Waals surface area contributed by atoms with Crippen LogP contribution in [0, 0.1) is 5.41 Å². The standard InChI is InChI=1S/C26H42N6O7S/c1-8-38-24(35)31-30-20-17-32(40(36,37)21-13-9-10-14-27-21)15-11-12-18(20)28-22(33)19(16-25(2,3)4)29-23(34)39-26(5,6)7/h9-10,13-14,18-19H,8,11-12,15-17H2,1-7H3,(H,28,33)(H,29,34)(H,31,35)/b30-20+/t18?,19-/m0/s1. The molecule has 1 aliphatic rings. The van der Waals surface area contributed by atoms with Gasteiger partial charge in [-0.1, -0.05) is 26.8 Å². The minimum absolute atomic E-state index is 0.113. The van der Waals surface area contributed by atoms with E-state index in [9.17, 15) is 22.8 Å². The second kappa shape index (κ2) is 13.9. The molecule has 1 aliphatic heterocycles. The average molecular weight is 583 g/mol. The fraction of sp³-hybridized carbons (Fsp3) is 0.654. The van der Waals surface area contributed by atoms with Crippen molar-refractivity contribution in [3.05, 3.63) is 24.4 Å². The van der Waals surface area contributed by atoms with E-state index in [0.29, 0.717) is 19.3 Å². The number of alkyl carbamates (subject to hydrolysis) is 1. The summed E-state index contributed by atoms with van der Waals surface area (Å²) in [6.07, 6.45) is 0.858. The lowest BCUT2D eigenvalue weighted by Crippen LogP contribution is -2.54. The maximum Gasteiger partial charge on any atom is 0.427 e. The zero-order valence-electron chi connectivity index (χ0n) is 24.3. The number of rotatable bonds is 8. The molecule has 2 heterocycles. The van der Waals surface area contributed by atoms with Gasteiger partial charge in [0.05, 0.1) is 24.9 Å². The molecule has 224 valence electrons. The topological polar surface area (TPSA) is 168 Å². The third kappa shape index (κ3) is 10.7. The maximum atomic E-state index is 13.5. The number of hydrazone groups is 1. The monoisotopic (exact) mass is 582 g/mol. The highest BCUT2D eigenvalue weighted by atomic mass is 32.2. The maximum absolute atomic E-state index is 13.5. The zero-order valence-corrected chi connectivity index (χ0v) is 25.1. The third-order valence-corrected chi connectivity index (χ3v) is 7.35. The highest BCUT2D eigenvalue weighted by Gasteiger charge is 2.35. The number of carbonyl (C=O) groups is 3. The Bertz CT molecular complexity index is 1160. The molecule has 1 aromatic heterocycles. The Hall–Kier alpha value is -3.26. The molecule has 14 heteroatoms. The van der Waals surface area contributed by atoms with Crippen molar-refractivity contribution in [2.45, 2.75) is 90.4 Å². The first-order chi connectivity index (χ1) is 18.5. The van der Waals surface area contributed by atoms with Crippen LogP contribution in [0.4, 0.5) is 9.59 Å².